The Kier molecular flexibility index (Phi) is 6.56. The molecule has 1 unspecified atom stereocenters. The average molecular weight is 387 g/mol. The van der Waals surface area contributed by atoms with E-state index in [0.717, 1.165) is 39.6 Å². The zero-order chi connectivity index (χ0) is 15.2. The van der Waals surface area contributed by atoms with Crippen LogP contribution in [0.25, 0.3) is 0 Å². The molecule has 0 saturated carbocycles. The van der Waals surface area contributed by atoms with Crippen LogP contribution in [0.3, 0.4) is 0 Å². The number of halogens is 3. The largest absolute Gasteiger partial charge is 0.316 e. The fourth-order valence-corrected chi connectivity index (χ4v) is 3.16. The monoisotopic (exact) mass is 385 g/mol. The fourth-order valence-electron chi connectivity index (χ4n) is 2.35. The summed E-state index contributed by atoms with van der Waals surface area (Å²) in [7, 11) is 0. The number of nitrogens with one attached hydrogen (secondary N) is 1. The van der Waals surface area contributed by atoms with Crippen LogP contribution in [0.4, 0.5) is 0 Å². The van der Waals surface area contributed by atoms with Crippen LogP contribution in [-0.4, -0.2) is 13.1 Å². The maximum Gasteiger partial charge on any atom is 0.0439 e. The number of likely N-dealkylation sites (N-methyl/N-ethyl adjacent to an activating group) is 1. The zero-order valence-electron chi connectivity index (χ0n) is 11.9. The first kappa shape index (κ1) is 16.8. The van der Waals surface area contributed by atoms with Crippen molar-refractivity contribution in [3.8, 4) is 0 Å². The fraction of sp³-hybridized carbons (Fsp3) is 0.294. The number of hydrogen-bond donors (Lipinski definition) is 1. The van der Waals surface area contributed by atoms with E-state index < -0.39 is 0 Å². The molecular weight excluding hydrogens is 369 g/mol. The lowest BCUT2D eigenvalue weighted by Crippen LogP contribution is -2.22. The van der Waals surface area contributed by atoms with Gasteiger partial charge in [0, 0.05) is 27.0 Å². The lowest BCUT2D eigenvalue weighted by molar-refractivity contribution is 0.595. The Morgan fingerprint density at radius 2 is 1.95 bits per heavy atom. The first-order valence-corrected chi connectivity index (χ1v) is 8.55. The van der Waals surface area contributed by atoms with E-state index >= 15 is 0 Å². The molecule has 0 aliphatic heterocycles. The van der Waals surface area contributed by atoms with Crippen LogP contribution in [0.5, 0.6) is 0 Å². The molecule has 0 amide bonds. The van der Waals surface area contributed by atoms with Crippen molar-refractivity contribution in [2.24, 2.45) is 0 Å². The first-order valence-electron chi connectivity index (χ1n) is 7.00. The SMILES string of the molecule is CCNCC(Cc1cc(Cl)ccc1Cl)c1cccc(Br)c1. The Balaban J connectivity index is 2.25. The van der Waals surface area contributed by atoms with Gasteiger partial charge in [0.25, 0.3) is 0 Å². The molecule has 0 bridgehead atoms. The zero-order valence-corrected chi connectivity index (χ0v) is 15.0. The number of hydrogen-bond acceptors (Lipinski definition) is 1. The molecule has 0 aliphatic rings. The van der Waals surface area contributed by atoms with Gasteiger partial charge in [-0.05, 0) is 54.4 Å². The van der Waals surface area contributed by atoms with Gasteiger partial charge in [0.05, 0.1) is 0 Å². The molecule has 1 N–H and O–H groups in total. The second kappa shape index (κ2) is 8.19. The van der Waals surface area contributed by atoms with E-state index in [1.807, 2.05) is 24.3 Å². The summed E-state index contributed by atoms with van der Waals surface area (Å²) in [5, 5.41) is 4.93. The molecule has 0 aromatic heterocycles. The van der Waals surface area contributed by atoms with Gasteiger partial charge in [0.2, 0.25) is 0 Å². The van der Waals surface area contributed by atoms with E-state index in [4.69, 9.17) is 23.2 Å². The highest BCUT2D eigenvalue weighted by Gasteiger charge is 2.14. The van der Waals surface area contributed by atoms with Gasteiger partial charge in [0.1, 0.15) is 0 Å². The van der Waals surface area contributed by atoms with E-state index in [1.165, 1.54) is 5.56 Å². The van der Waals surface area contributed by atoms with E-state index in [2.05, 4.69) is 46.4 Å². The van der Waals surface area contributed by atoms with Crippen molar-refractivity contribution in [2.45, 2.75) is 19.3 Å². The molecule has 0 heterocycles. The highest BCUT2D eigenvalue weighted by Crippen LogP contribution is 2.28. The predicted molar refractivity (Wildman–Crippen MR) is 95.6 cm³/mol. The average Bonchev–Trinajstić information content (AvgIpc) is 2.47. The maximum atomic E-state index is 6.30. The van der Waals surface area contributed by atoms with Crippen LogP contribution in [0, 0.1) is 0 Å². The molecule has 0 spiro atoms. The van der Waals surface area contributed by atoms with Crippen LogP contribution in [0.15, 0.2) is 46.9 Å². The normalized spacial score (nSPS) is 12.4. The van der Waals surface area contributed by atoms with Crippen LogP contribution < -0.4 is 5.32 Å². The third-order valence-electron chi connectivity index (χ3n) is 3.43. The van der Waals surface area contributed by atoms with Crippen LogP contribution in [0.2, 0.25) is 10.0 Å². The Bertz CT molecular complexity index is 601. The Hall–Kier alpha value is -0.540. The predicted octanol–water partition coefficient (Wildman–Crippen LogP) is 5.69. The van der Waals surface area contributed by atoms with Gasteiger partial charge in [-0.2, -0.15) is 0 Å². The minimum absolute atomic E-state index is 0.360. The van der Waals surface area contributed by atoms with E-state index in [-0.39, 0.29) is 0 Å². The summed E-state index contributed by atoms with van der Waals surface area (Å²) >= 11 is 15.9. The Morgan fingerprint density at radius 1 is 1.14 bits per heavy atom. The topological polar surface area (TPSA) is 12.0 Å². The van der Waals surface area contributed by atoms with Crippen molar-refractivity contribution in [3.63, 3.8) is 0 Å². The molecular formula is C17H18BrCl2N. The lowest BCUT2D eigenvalue weighted by atomic mass is 9.92. The van der Waals surface area contributed by atoms with Crippen molar-refractivity contribution in [3.05, 3.63) is 68.1 Å². The summed E-state index contributed by atoms with van der Waals surface area (Å²) < 4.78 is 1.10. The summed E-state index contributed by atoms with van der Waals surface area (Å²) in [4.78, 5) is 0. The minimum Gasteiger partial charge on any atom is -0.316 e. The van der Waals surface area contributed by atoms with Crippen molar-refractivity contribution < 1.29 is 0 Å². The first-order chi connectivity index (χ1) is 10.1. The molecule has 112 valence electrons. The van der Waals surface area contributed by atoms with Crippen LogP contribution in [-0.2, 0) is 6.42 Å². The minimum atomic E-state index is 0.360. The van der Waals surface area contributed by atoms with Gasteiger partial charge in [-0.25, -0.2) is 0 Å². The summed E-state index contributed by atoms with van der Waals surface area (Å²) in [6.07, 6.45) is 0.864. The number of benzene rings is 2. The Morgan fingerprint density at radius 3 is 2.67 bits per heavy atom. The molecule has 2 aromatic carbocycles. The molecule has 21 heavy (non-hydrogen) atoms. The molecule has 0 radical (unpaired) electrons. The van der Waals surface area contributed by atoms with Crippen molar-refractivity contribution in [1.82, 2.24) is 5.32 Å². The van der Waals surface area contributed by atoms with Crippen molar-refractivity contribution in [1.29, 1.82) is 0 Å². The van der Waals surface area contributed by atoms with Gasteiger partial charge in [-0.3, -0.25) is 0 Å². The quantitative estimate of drug-likeness (QED) is 0.672. The van der Waals surface area contributed by atoms with Gasteiger partial charge < -0.3 is 5.32 Å². The van der Waals surface area contributed by atoms with E-state index in [9.17, 15) is 0 Å². The van der Waals surface area contributed by atoms with Gasteiger partial charge in [-0.15, -0.1) is 0 Å². The molecule has 4 heteroatoms. The number of rotatable bonds is 6. The smallest absolute Gasteiger partial charge is 0.0439 e. The summed E-state index contributed by atoms with van der Waals surface area (Å²) in [6, 6.07) is 14.1. The van der Waals surface area contributed by atoms with E-state index in [1.54, 1.807) is 0 Å². The molecule has 1 atom stereocenters. The van der Waals surface area contributed by atoms with Gasteiger partial charge in [0.15, 0.2) is 0 Å². The van der Waals surface area contributed by atoms with Crippen molar-refractivity contribution >= 4 is 39.1 Å². The lowest BCUT2D eigenvalue weighted by Gasteiger charge is -2.19. The second-order valence-electron chi connectivity index (χ2n) is 5.00. The molecule has 1 nitrogen and oxygen atoms in total. The van der Waals surface area contributed by atoms with Gasteiger partial charge >= 0.3 is 0 Å². The molecule has 0 saturated heterocycles. The summed E-state index contributed by atoms with van der Waals surface area (Å²) in [6.45, 7) is 3.98. The Labute approximate surface area is 144 Å². The molecule has 2 aromatic rings. The third-order valence-corrected chi connectivity index (χ3v) is 4.53. The molecule has 2 rings (SSSR count). The van der Waals surface area contributed by atoms with Crippen LogP contribution >= 0.6 is 39.1 Å². The second-order valence-corrected chi connectivity index (χ2v) is 6.76. The molecule has 0 aliphatic carbocycles. The standard InChI is InChI=1S/C17H18BrCl2N/c1-2-21-11-14(12-4-3-5-15(18)9-12)8-13-10-16(19)6-7-17(13)20/h3-7,9-10,14,21H,2,8,11H2,1H3. The summed E-state index contributed by atoms with van der Waals surface area (Å²) in [5.41, 5.74) is 2.38. The van der Waals surface area contributed by atoms with E-state index in [0.29, 0.717) is 5.92 Å². The van der Waals surface area contributed by atoms with Gasteiger partial charge in [-0.1, -0.05) is 58.2 Å². The highest BCUT2D eigenvalue weighted by molar-refractivity contribution is 9.10. The third kappa shape index (κ3) is 5.00. The maximum absolute atomic E-state index is 6.30. The highest BCUT2D eigenvalue weighted by atomic mass is 79.9. The molecule has 0 fully saturated rings. The van der Waals surface area contributed by atoms with Crippen molar-refractivity contribution in [2.75, 3.05) is 13.1 Å². The van der Waals surface area contributed by atoms with Crippen LogP contribution in [0.1, 0.15) is 24.0 Å². The summed E-state index contributed by atoms with van der Waals surface area (Å²) in [5.74, 6) is 0.360.